The average Bonchev–Trinajstić information content (AvgIpc) is 3.77. The number of hydrogen-bond acceptors (Lipinski definition) is 17. The third-order valence-corrected chi connectivity index (χ3v) is 16.4. The minimum atomic E-state index is -1.12. The van der Waals surface area contributed by atoms with E-state index in [2.05, 4.69) is 72.4 Å². The zero-order valence-corrected chi connectivity index (χ0v) is 51.3. The molecule has 0 unspecified atom stereocenters. The van der Waals surface area contributed by atoms with Crippen LogP contribution in [0.1, 0.15) is 99.3 Å². The van der Waals surface area contributed by atoms with Gasteiger partial charge in [0.15, 0.2) is 0 Å². The second-order valence-electron chi connectivity index (χ2n) is 22.1. The van der Waals surface area contributed by atoms with E-state index < -0.39 is 48.0 Å². The van der Waals surface area contributed by atoms with Gasteiger partial charge < -0.3 is 84.4 Å². The average molecular weight is 1160 g/mol. The van der Waals surface area contributed by atoms with Gasteiger partial charge in [0.25, 0.3) is 0 Å². The molecule has 4 rings (SSSR count). The smallest absolute Gasteiger partial charge is 0.550 e. The molecule has 0 saturated heterocycles. The Morgan fingerprint density at radius 2 is 0.938 bits per heavy atom. The number of aliphatic carboxylic acids is 1. The first-order valence-corrected chi connectivity index (χ1v) is 28.5. The van der Waals surface area contributed by atoms with Gasteiger partial charge in [0, 0.05) is 73.3 Å². The van der Waals surface area contributed by atoms with Crippen molar-refractivity contribution in [1.82, 2.24) is 31.9 Å². The number of hydrogen-bond donors (Lipinski definition) is 6. The Kier molecular flexibility index (Phi) is 32.5. The fourth-order valence-electron chi connectivity index (χ4n) is 12.4. The molecule has 6 N–H and O–H groups in total. The summed E-state index contributed by atoms with van der Waals surface area (Å²) in [5, 5.41) is 28.4. The molecule has 0 spiro atoms. The van der Waals surface area contributed by atoms with E-state index in [1.54, 1.807) is 20.8 Å². The maximum absolute atomic E-state index is 13.9. The fraction of sp³-hybridized carbons (Fsp3) is 0.772. The van der Waals surface area contributed by atoms with E-state index in [0.717, 1.165) is 12.8 Å². The van der Waals surface area contributed by atoms with Gasteiger partial charge in [0.1, 0.15) is 18.3 Å². The first-order chi connectivity index (χ1) is 38.2. The van der Waals surface area contributed by atoms with E-state index in [4.69, 9.17) is 42.6 Å². The Balaban J connectivity index is 0.0000172. The molecular weight excluding hydrogens is 1060 g/mol. The third-order valence-electron chi connectivity index (χ3n) is 16.4. The molecule has 0 aromatic rings. The van der Waals surface area contributed by atoms with Crippen LogP contribution in [0.25, 0.3) is 0 Å². The van der Waals surface area contributed by atoms with Crippen molar-refractivity contribution in [3.8, 4) is 0 Å². The Bertz CT molecular complexity index is 2070. The van der Waals surface area contributed by atoms with E-state index >= 15 is 0 Å². The molecule has 0 aromatic heterocycles. The number of carboxylic acids is 1. The summed E-state index contributed by atoms with van der Waals surface area (Å²) in [6, 6.07) is 0. The SMILES string of the molecule is C=C(C)C(=O)NCCOCCOCCNC(=O)O[C@@H]1CC[C@@]2(C)[C@@H](C1)C[C@@H](OC(=O)NCCOCCOCCNC(=O)C(=C)C)[C@@H]1[C@@H]2C[C@H](OC(=O)NCCOCCOCCNC(=O)C(=C)C)[C@]2(C)[C@@H]([C@H](C)CCC(=O)[O-])CC[C@@H]12.[Na+]. The van der Waals surface area contributed by atoms with Gasteiger partial charge in [0.2, 0.25) is 17.7 Å². The van der Waals surface area contributed by atoms with Crippen molar-refractivity contribution in [2.45, 2.75) is 118 Å². The molecule has 0 aliphatic heterocycles. The van der Waals surface area contributed by atoms with Crippen molar-refractivity contribution in [3.63, 3.8) is 0 Å². The quantitative estimate of drug-likeness (QED) is 0.0214. The third kappa shape index (κ3) is 23.3. The Hall–Kier alpha value is -4.33. The van der Waals surface area contributed by atoms with Crippen LogP contribution < -0.4 is 66.6 Å². The fourth-order valence-corrected chi connectivity index (χ4v) is 12.4. The Morgan fingerprint density at radius 3 is 1.36 bits per heavy atom. The van der Waals surface area contributed by atoms with Crippen LogP contribution in [-0.2, 0) is 61.8 Å². The summed E-state index contributed by atoms with van der Waals surface area (Å²) < 4.78 is 52.6. The molecule has 11 atom stereocenters. The van der Waals surface area contributed by atoms with Crippen LogP contribution in [0.3, 0.4) is 0 Å². The molecule has 4 fully saturated rings. The summed E-state index contributed by atoms with van der Waals surface area (Å²) in [6.45, 7) is 27.1. The normalized spacial score (nSPS) is 25.6. The largest absolute Gasteiger partial charge is 1.00 e. The molecule has 0 bridgehead atoms. The molecule has 0 aromatic carbocycles. The van der Waals surface area contributed by atoms with Crippen molar-refractivity contribution in [2.75, 3.05) is 119 Å². The van der Waals surface area contributed by atoms with Crippen molar-refractivity contribution in [1.29, 1.82) is 0 Å². The maximum atomic E-state index is 13.9. The van der Waals surface area contributed by atoms with E-state index in [1.165, 1.54) is 0 Å². The molecule has 6 amide bonds. The minimum Gasteiger partial charge on any atom is -0.550 e. The number of carbonyl (C=O) groups is 7. The predicted octanol–water partition coefficient (Wildman–Crippen LogP) is 0.496. The summed E-state index contributed by atoms with van der Waals surface area (Å²) in [7, 11) is 0. The van der Waals surface area contributed by atoms with E-state index in [-0.39, 0.29) is 147 Å². The van der Waals surface area contributed by atoms with Gasteiger partial charge in [-0.15, -0.1) is 0 Å². The van der Waals surface area contributed by atoms with Crippen molar-refractivity contribution >= 4 is 42.0 Å². The monoisotopic (exact) mass is 1160 g/mol. The molecule has 4 aliphatic carbocycles. The van der Waals surface area contributed by atoms with Crippen molar-refractivity contribution < 1.29 is 111 Å². The number of nitrogens with one attached hydrogen (secondary N) is 6. The number of amides is 6. The molecule has 81 heavy (non-hydrogen) atoms. The van der Waals surface area contributed by atoms with Crippen LogP contribution in [-0.4, -0.2) is 179 Å². The van der Waals surface area contributed by atoms with Gasteiger partial charge in [0.05, 0.1) is 79.3 Å². The van der Waals surface area contributed by atoms with Crippen molar-refractivity contribution in [2.24, 2.45) is 46.3 Å². The topological polar surface area (TPSA) is 298 Å². The molecule has 454 valence electrons. The van der Waals surface area contributed by atoms with Gasteiger partial charge in [-0.05, 0) is 114 Å². The van der Waals surface area contributed by atoms with E-state index in [9.17, 15) is 38.7 Å². The molecule has 24 heteroatoms. The summed E-state index contributed by atoms with van der Waals surface area (Å²) in [6.07, 6.45) is 1.36. The predicted molar refractivity (Wildman–Crippen MR) is 293 cm³/mol. The van der Waals surface area contributed by atoms with Crippen molar-refractivity contribution in [3.05, 3.63) is 36.5 Å². The first kappa shape index (κ1) is 70.9. The number of carbonyl (C=O) groups excluding carboxylic acids is 7. The van der Waals surface area contributed by atoms with Crippen LogP contribution in [0.15, 0.2) is 36.5 Å². The molecule has 23 nitrogen and oxygen atoms in total. The molecule has 4 saturated carbocycles. The summed E-state index contributed by atoms with van der Waals surface area (Å²) in [4.78, 5) is 87.6. The number of rotatable bonds is 37. The minimum absolute atomic E-state index is 0. The number of fused-ring (bicyclic) bond motifs is 5. The zero-order valence-electron chi connectivity index (χ0n) is 49.3. The summed E-state index contributed by atoms with van der Waals surface area (Å²) in [5.41, 5.74) is 0.312. The van der Waals surface area contributed by atoms with E-state index in [1.807, 2.05) is 0 Å². The molecule has 0 heterocycles. The van der Waals surface area contributed by atoms with Gasteiger partial charge in [-0.3, -0.25) is 14.4 Å². The molecular formula is C57H93N6NaO17. The standard InChI is InChI=1S/C57H94N6O17.Na/c1-37(2)50(66)58-16-22-72-28-31-75-25-19-61-53(69)78-42-14-15-56(8)41(34-42)35-46(79-54(70)62-20-26-76-32-29-73-23-17-59-51(67)38(3)4)49-44-12-11-43(40(7)10-13-48(64)65)57(44,9)47(36-45(49)56)80-55(71)63-21-27-77-33-30-74-24-18-60-52(68)39(5)6;/h40-47,49H,1,3,5,10-36H2,2,4,6-9H3,(H,58,66)(H,59,67)(H,60,68)(H,61,69)(H,62,70)(H,63,71)(H,64,65);/q;+1/p-1/t40-,41+,42-,43-,44+,45+,46-,47+,49+,56+,57-;/m1./s1. The molecule has 0 radical (unpaired) electrons. The van der Waals surface area contributed by atoms with Crippen LogP contribution in [0, 0.1) is 46.3 Å². The van der Waals surface area contributed by atoms with Gasteiger partial charge >= 0.3 is 47.8 Å². The van der Waals surface area contributed by atoms with E-state index in [0.29, 0.717) is 121 Å². The van der Waals surface area contributed by atoms with Crippen LogP contribution >= 0.6 is 0 Å². The Labute approximate surface area is 501 Å². The van der Waals surface area contributed by atoms with Crippen LogP contribution in [0.4, 0.5) is 14.4 Å². The number of alkyl carbamates (subject to hydrolysis) is 3. The Morgan fingerprint density at radius 1 is 0.531 bits per heavy atom. The van der Waals surface area contributed by atoms with Gasteiger partial charge in [-0.2, -0.15) is 0 Å². The zero-order chi connectivity index (χ0) is 58.7. The summed E-state index contributed by atoms with van der Waals surface area (Å²) >= 11 is 0. The number of ether oxygens (including phenoxy) is 9. The first-order valence-electron chi connectivity index (χ1n) is 28.5. The van der Waals surface area contributed by atoms with Crippen LogP contribution in [0.2, 0.25) is 0 Å². The van der Waals surface area contributed by atoms with Gasteiger partial charge in [-0.1, -0.05) is 40.5 Å². The summed E-state index contributed by atoms with van der Waals surface area (Å²) in [5.74, 6) is -2.21. The van der Waals surface area contributed by atoms with Gasteiger partial charge in [-0.25, -0.2) is 14.4 Å². The second kappa shape index (κ2) is 37.1. The second-order valence-corrected chi connectivity index (χ2v) is 22.1. The van der Waals surface area contributed by atoms with Crippen LogP contribution in [0.5, 0.6) is 0 Å². The molecule has 4 aliphatic rings. The number of carboxylic acid groups (broad SMARTS) is 1. The maximum Gasteiger partial charge on any atom is 1.00 e.